The predicted molar refractivity (Wildman–Crippen MR) is 309 cm³/mol. The van der Waals surface area contributed by atoms with Crippen molar-refractivity contribution < 1.29 is 38.1 Å². The van der Waals surface area contributed by atoms with Crippen molar-refractivity contribution in [1.82, 2.24) is 50.6 Å². The molecule has 17 nitrogen and oxygen atoms in total. The molecule has 5 N–H and O–H groups in total. The summed E-state index contributed by atoms with van der Waals surface area (Å²) in [6.45, 7) is 15.3. The zero-order valence-electron chi connectivity index (χ0n) is 47.2. The van der Waals surface area contributed by atoms with Gasteiger partial charge in [-0.2, -0.15) is 9.97 Å². The number of piperazine rings is 1. The highest BCUT2D eigenvalue weighted by Gasteiger charge is 2.48. The number of likely N-dealkylation sites (tertiary alicyclic amines) is 3. The van der Waals surface area contributed by atoms with Crippen LogP contribution in [0.5, 0.6) is 11.8 Å². The molecule has 0 spiro atoms. The summed E-state index contributed by atoms with van der Waals surface area (Å²) in [5.41, 5.74) is 4.24. The van der Waals surface area contributed by atoms with Gasteiger partial charge in [0.15, 0.2) is 5.82 Å². The molecule has 5 fully saturated rings. The molecule has 3 amide bonds. The summed E-state index contributed by atoms with van der Waals surface area (Å²) in [6, 6.07) is 15.4. The molecule has 2 bridgehead atoms. The van der Waals surface area contributed by atoms with Crippen LogP contribution in [0.4, 0.5) is 14.6 Å². The SMILES string of the molecule is CCc1cccc2cc(O)cc(-c3ncc4c(N5CC6CCC(C5)N6)nc(OCCN5CCC(CC6(F)CN(CC(=O)N[C@H](C(=O)N7C[C@H](O)C[C@H]7C(=O)N[C@@H](C)c7ccc(-c8scnc8C)cc7)C(C)(C)C)C6)CC5)nc4c3F)c12. The number of aliphatic hydroxyl groups excluding tert-OH is 1. The number of nitrogens with zero attached hydrogens (tertiary/aromatic N) is 8. The molecule has 0 radical (unpaired) electrons. The number of β-amino-alcohol motifs (C(OH)–C–C–N with tert-alkyl or cyclic N) is 1. The van der Waals surface area contributed by atoms with Crippen LogP contribution in [0, 0.1) is 24.1 Å². The molecule has 6 atom stereocenters. The first-order chi connectivity index (χ1) is 38.8. The molecule has 3 aromatic carbocycles. The van der Waals surface area contributed by atoms with Gasteiger partial charge in [0.2, 0.25) is 17.7 Å². The number of alkyl halides is 1. The quantitative estimate of drug-likeness (QED) is 0.0601. The van der Waals surface area contributed by atoms with Crippen LogP contribution in [0.3, 0.4) is 0 Å². The summed E-state index contributed by atoms with van der Waals surface area (Å²) in [6.07, 6.45) is 5.64. The van der Waals surface area contributed by atoms with Crippen molar-refractivity contribution in [2.75, 3.05) is 70.4 Å². The largest absolute Gasteiger partial charge is 0.508 e. The molecule has 0 aliphatic carbocycles. The van der Waals surface area contributed by atoms with E-state index in [1.807, 2.05) is 89.5 Å². The van der Waals surface area contributed by atoms with Gasteiger partial charge < -0.3 is 40.7 Å². The lowest BCUT2D eigenvalue weighted by atomic mass is 9.81. The highest BCUT2D eigenvalue weighted by molar-refractivity contribution is 7.13. The molecule has 20 heteroatoms. The van der Waals surface area contributed by atoms with Crippen LogP contribution >= 0.6 is 11.3 Å². The molecule has 5 aliphatic rings. The van der Waals surface area contributed by atoms with E-state index in [9.17, 15) is 24.6 Å². The molecular weight excluding hydrogens is 1050 g/mol. The van der Waals surface area contributed by atoms with Crippen LogP contribution in [0.15, 0.2) is 66.3 Å². The first kappa shape index (κ1) is 56.4. The number of phenols is 1. The molecule has 2 unspecified atom stereocenters. The number of phenolic OH excluding ortho intramolecular Hbond substituents is 1. The molecule has 11 rings (SSSR count). The van der Waals surface area contributed by atoms with Crippen LogP contribution in [-0.2, 0) is 20.8 Å². The number of nitrogens with one attached hydrogen (secondary N) is 3. The molecule has 8 heterocycles. The summed E-state index contributed by atoms with van der Waals surface area (Å²) in [5.74, 6) is -1.08. The molecule has 5 aliphatic heterocycles. The van der Waals surface area contributed by atoms with Crippen LogP contribution in [0.1, 0.15) is 96.0 Å². The number of ether oxygens (including phenoxy) is 1. The summed E-state index contributed by atoms with van der Waals surface area (Å²) < 4.78 is 39.7. The average Bonchev–Trinajstić information content (AvgIpc) is 4.16. The number of rotatable bonds is 17. The number of aromatic hydroxyl groups is 1. The van der Waals surface area contributed by atoms with Crippen LogP contribution in [0.25, 0.3) is 43.4 Å². The number of hydrogen-bond donors (Lipinski definition) is 5. The first-order valence-electron chi connectivity index (χ1n) is 28.8. The lowest BCUT2D eigenvalue weighted by Gasteiger charge is -2.47. The van der Waals surface area contributed by atoms with Crippen molar-refractivity contribution in [2.24, 2.45) is 11.3 Å². The van der Waals surface area contributed by atoms with E-state index in [2.05, 4.69) is 30.7 Å². The number of thiazole rings is 1. The van der Waals surface area contributed by atoms with Crippen molar-refractivity contribution in [3.8, 4) is 33.5 Å². The van der Waals surface area contributed by atoms with Gasteiger partial charge in [0.05, 0.1) is 40.2 Å². The van der Waals surface area contributed by atoms with Gasteiger partial charge in [0.1, 0.15) is 47.1 Å². The second-order valence-electron chi connectivity index (χ2n) is 24.4. The molecular formula is C61H75F2N11O6S. The lowest BCUT2D eigenvalue weighted by Crippen LogP contribution is -2.63. The van der Waals surface area contributed by atoms with Gasteiger partial charge in [0, 0.05) is 69.5 Å². The number of fused-ring (bicyclic) bond motifs is 4. The van der Waals surface area contributed by atoms with E-state index in [1.54, 1.807) is 34.6 Å². The van der Waals surface area contributed by atoms with Gasteiger partial charge in [-0.25, -0.2) is 13.8 Å². The third-order valence-electron chi connectivity index (χ3n) is 17.3. The topological polar surface area (TPSA) is 202 Å². The van der Waals surface area contributed by atoms with Gasteiger partial charge in [-0.15, -0.1) is 11.3 Å². The zero-order chi connectivity index (χ0) is 56.9. The molecule has 6 aromatic rings. The number of anilines is 1. The Morgan fingerprint density at radius 2 is 1.70 bits per heavy atom. The van der Waals surface area contributed by atoms with Gasteiger partial charge >= 0.3 is 6.01 Å². The normalized spacial score (nSPS) is 22.2. The molecule has 430 valence electrons. The molecule has 0 saturated carbocycles. The van der Waals surface area contributed by atoms with Crippen LogP contribution < -0.4 is 25.6 Å². The highest BCUT2D eigenvalue weighted by atomic mass is 32.1. The third-order valence-corrected chi connectivity index (χ3v) is 18.3. The van der Waals surface area contributed by atoms with E-state index in [1.165, 1.54) is 4.90 Å². The maximum atomic E-state index is 17.1. The lowest BCUT2D eigenvalue weighted by molar-refractivity contribution is -0.145. The Balaban J connectivity index is 0.667. The number of piperidine rings is 1. The number of aryl methyl sites for hydroxylation is 2. The summed E-state index contributed by atoms with van der Waals surface area (Å²) in [7, 11) is 0. The van der Waals surface area contributed by atoms with Crippen LogP contribution in [0.2, 0.25) is 0 Å². The number of aliphatic hydroxyl groups is 1. The predicted octanol–water partition coefficient (Wildman–Crippen LogP) is 7.50. The maximum absolute atomic E-state index is 17.1. The fourth-order valence-corrected chi connectivity index (χ4v) is 13.9. The number of amides is 3. The number of pyridine rings is 1. The van der Waals surface area contributed by atoms with E-state index >= 15 is 8.78 Å². The Labute approximate surface area is 475 Å². The Morgan fingerprint density at radius 1 is 0.963 bits per heavy atom. The van der Waals surface area contributed by atoms with Crippen molar-refractivity contribution in [3.63, 3.8) is 0 Å². The third kappa shape index (κ3) is 12.1. The van der Waals surface area contributed by atoms with E-state index in [0.717, 1.165) is 76.8 Å². The minimum absolute atomic E-state index is 0.0194. The van der Waals surface area contributed by atoms with Crippen molar-refractivity contribution in [2.45, 2.75) is 128 Å². The Hall–Kier alpha value is -6.45. The van der Waals surface area contributed by atoms with Gasteiger partial charge in [-0.05, 0) is 116 Å². The molecule has 3 aromatic heterocycles. The van der Waals surface area contributed by atoms with Gasteiger partial charge in [0.25, 0.3) is 0 Å². The number of hydrogen-bond acceptors (Lipinski definition) is 15. The van der Waals surface area contributed by atoms with Crippen molar-refractivity contribution in [1.29, 1.82) is 0 Å². The summed E-state index contributed by atoms with van der Waals surface area (Å²) in [4.78, 5) is 69.1. The second kappa shape index (κ2) is 23.1. The fourth-order valence-electron chi connectivity index (χ4n) is 13.1. The Bertz CT molecular complexity index is 3300. The number of carbonyl (C=O) groups excluding carboxylic acids is 3. The number of aromatic nitrogens is 4. The maximum Gasteiger partial charge on any atom is 0.319 e. The van der Waals surface area contributed by atoms with E-state index in [4.69, 9.17) is 19.7 Å². The van der Waals surface area contributed by atoms with Gasteiger partial charge in [-0.3, -0.25) is 29.2 Å². The fraction of sp³-hybridized carbons (Fsp3) is 0.525. The second-order valence-corrected chi connectivity index (χ2v) is 25.3. The van der Waals surface area contributed by atoms with Crippen LogP contribution in [-0.4, -0.2) is 164 Å². The zero-order valence-corrected chi connectivity index (χ0v) is 48.0. The molecule has 81 heavy (non-hydrogen) atoms. The summed E-state index contributed by atoms with van der Waals surface area (Å²) >= 11 is 1.57. The standard InChI is InChI=1S/C61H75F2N11O6S/c1-7-38-9-8-10-41-23-44(75)24-46(50(38)41)52-51(62)53-47(27-64-52)56(73-28-42-15-16-43(29-73)67-42)70-59(69-53)80-22-21-71-19-17-37(18-20-71)26-61(63)32-72(33-61)31-49(77)68-55(60(4,5)6)58(79)74-30-45(76)25-48(74)57(78)66-35(2)39-11-13-40(14-12-39)54-36(3)65-34-81-54/h8-14,23-24,27,34-35,37,42-43,45,48,55,67,75-76H,7,15-22,25-26,28-33H2,1-6H3,(H,66,78)(H,68,77)/t35-,42?,43?,45+,48-,55+/m0/s1. The smallest absolute Gasteiger partial charge is 0.319 e. The average molecular weight is 1130 g/mol. The van der Waals surface area contributed by atoms with Crippen molar-refractivity contribution in [3.05, 3.63) is 88.9 Å². The Morgan fingerprint density at radius 3 is 2.40 bits per heavy atom. The number of carbonyl (C=O) groups is 3. The van der Waals surface area contributed by atoms with E-state index in [0.29, 0.717) is 61.3 Å². The van der Waals surface area contributed by atoms with E-state index < -0.39 is 46.9 Å². The first-order valence-corrected chi connectivity index (χ1v) is 29.6. The highest BCUT2D eigenvalue weighted by Crippen LogP contribution is 2.40. The summed E-state index contributed by atoms with van der Waals surface area (Å²) in [5, 5.41) is 33.3. The van der Waals surface area contributed by atoms with Crippen molar-refractivity contribution >= 4 is 56.6 Å². The van der Waals surface area contributed by atoms with Gasteiger partial charge in [-0.1, -0.05) is 70.2 Å². The minimum Gasteiger partial charge on any atom is -0.508 e. The molecule has 5 saturated heterocycles. The minimum atomic E-state index is -1.44. The monoisotopic (exact) mass is 1130 g/mol. The Kier molecular flexibility index (Phi) is 16.1. The van der Waals surface area contributed by atoms with E-state index in [-0.39, 0.29) is 80.0 Å². The number of halogens is 2. The number of benzene rings is 3.